The first-order chi connectivity index (χ1) is 13.1. The molecule has 2 aliphatic heterocycles. The van der Waals surface area contributed by atoms with E-state index in [-0.39, 0.29) is 17.9 Å². The van der Waals surface area contributed by atoms with Crippen LogP contribution in [0, 0.1) is 0 Å². The fraction of sp³-hybridized carbons (Fsp3) is 0.474. The van der Waals surface area contributed by atoms with Gasteiger partial charge in [-0.1, -0.05) is 30.3 Å². The summed E-state index contributed by atoms with van der Waals surface area (Å²) in [5.74, 6) is 0.939. The number of hydrogen-bond donors (Lipinski definition) is 0. The van der Waals surface area contributed by atoms with E-state index in [0.29, 0.717) is 37.8 Å². The van der Waals surface area contributed by atoms with E-state index in [0.717, 1.165) is 18.7 Å². The number of carbonyl (C=O) groups is 2. The zero-order valence-electron chi connectivity index (χ0n) is 15.7. The number of carbonyl (C=O) groups excluding carboxylic acids is 2. The molecular weight excluding hydrogens is 344 g/mol. The highest BCUT2D eigenvalue weighted by Crippen LogP contribution is 2.31. The molecule has 1 atom stereocenters. The monoisotopic (exact) mass is 368 g/mol. The summed E-state index contributed by atoms with van der Waals surface area (Å²) >= 11 is 0. The van der Waals surface area contributed by atoms with Crippen LogP contribution >= 0.6 is 0 Å². The molecular formula is C19H24N6O2. The maximum absolute atomic E-state index is 13.0. The van der Waals surface area contributed by atoms with Crippen LogP contribution in [-0.4, -0.2) is 81.1 Å². The predicted octanol–water partition coefficient (Wildman–Crippen LogP) is 0.617. The van der Waals surface area contributed by atoms with Gasteiger partial charge in [0.2, 0.25) is 11.7 Å². The lowest BCUT2D eigenvalue weighted by atomic mass is 10.0. The van der Waals surface area contributed by atoms with Crippen LogP contribution in [0.25, 0.3) is 0 Å². The van der Waals surface area contributed by atoms with Crippen LogP contribution in [-0.2, 0) is 11.3 Å². The van der Waals surface area contributed by atoms with Crippen LogP contribution in [0.3, 0.4) is 0 Å². The van der Waals surface area contributed by atoms with Crippen LogP contribution in [0.4, 0.5) is 0 Å². The van der Waals surface area contributed by atoms with Gasteiger partial charge in [-0.05, 0) is 12.6 Å². The topological polar surface area (TPSA) is 74.6 Å². The van der Waals surface area contributed by atoms with Crippen molar-refractivity contribution in [3.8, 4) is 0 Å². The van der Waals surface area contributed by atoms with E-state index in [2.05, 4.69) is 22.1 Å². The summed E-state index contributed by atoms with van der Waals surface area (Å²) < 4.78 is 1.89. The molecule has 4 rings (SSSR count). The SMILES string of the molecule is CC(=O)N1CCn2c(C(=O)N3CCN(C)CC3)nnc2[C@H]1c1ccccc1. The van der Waals surface area contributed by atoms with Gasteiger partial charge in [0.05, 0.1) is 0 Å². The standard InChI is InChI=1S/C19H24N6O2/c1-14(26)24-12-13-25-17(16(24)15-6-4-3-5-7-15)20-21-18(25)19(27)23-10-8-22(2)9-11-23/h3-7,16H,8-13H2,1-2H3/t16-/m1/s1. The molecule has 3 heterocycles. The van der Waals surface area contributed by atoms with Crippen LogP contribution in [0.5, 0.6) is 0 Å². The van der Waals surface area contributed by atoms with E-state index >= 15 is 0 Å². The first kappa shape index (κ1) is 17.7. The van der Waals surface area contributed by atoms with Crippen LogP contribution in [0.2, 0.25) is 0 Å². The van der Waals surface area contributed by atoms with Crippen molar-refractivity contribution < 1.29 is 9.59 Å². The number of hydrogen-bond acceptors (Lipinski definition) is 5. The third kappa shape index (κ3) is 3.21. The highest BCUT2D eigenvalue weighted by Gasteiger charge is 2.36. The minimum absolute atomic E-state index is 0.00922. The summed E-state index contributed by atoms with van der Waals surface area (Å²) in [7, 11) is 2.06. The van der Waals surface area contributed by atoms with Gasteiger partial charge in [0.1, 0.15) is 6.04 Å². The smallest absolute Gasteiger partial charge is 0.291 e. The summed E-state index contributed by atoms with van der Waals surface area (Å²) in [4.78, 5) is 31.0. The number of likely N-dealkylation sites (N-methyl/N-ethyl adjacent to an activating group) is 1. The van der Waals surface area contributed by atoms with E-state index in [9.17, 15) is 9.59 Å². The zero-order chi connectivity index (χ0) is 19.0. The minimum atomic E-state index is -0.320. The molecule has 0 radical (unpaired) electrons. The van der Waals surface area contributed by atoms with Gasteiger partial charge < -0.3 is 19.3 Å². The molecule has 1 aromatic heterocycles. The Kier molecular flexibility index (Phi) is 4.65. The number of aromatic nitrogens is 3. The second kappa shape index (κ2) is 7.11. The Balaban J connectivity index is 1.68. The van der Waals surface area contributed by atoms with Gasteiger partial charge in [0.15, 0.2) is 5.82 Å². The summed E-state index contributed by atoms with van der Waals surface area (Å²) in [6.07, 6.45) is 0. The van der Waals surface area contributed by atoms with Crippen molar-refractivity contribution in [1.82, 2.24) is 29.5 Å². The molecule has 1 fully saturated rings. The molecule has 0 bridgehead atoms. The normalized spacial score (nSPS) is 20.4. The Morgan fingerprint density at radius 3 is 2.33 bits per heavy atom. The van der Waals surface area contributed by atoms with E-state index in [1.165, 1.54) is 0 Å². The number of piperazine rings is 1. The highest BCUT2D eigenvalue weighted by atomic mass is 16.2. The average Bonchev–Trinajstić information content (AvgIpc) is 3.12. The molecule has 8 heteroatoms. The molecule has 142 valence electrons. The van der Waals surface area contributed by atoms with Gasteiger partial charge in [0.25, 0.3) is 5.91 Å². The van der Waals surface area contributed by atoms with Gasteiger partial charge >= 0.3 is 0 Å². The van der Waals surface area contributed by atoms with E-state index in [4.69, 9.17) is 0 Å². The fourth-order valence-electron chi connectivity index (χ4n) is 3.83. The van der Waals surface area contributed by atoms with E-state index < -0.39 is 0 Å². The summed E-state index contributed by atoms with van der Waals surface area (Å²) in [6, 6.07) is 9.47. The van der Waals surface area contributed by atoms with Crippen molar-refractivity contribution in [2.24, 2.45) is 0 Å². The maximum atomic E-state index is 13.0. The van der Waals surface area contributed by atoms with E-state index in [1.54, 1.807) is 11.8 Å². The summed E-state index contributed by atoms with van der Waals surface area (Å²) in [6.45, 7) is 5.73. The lowest BCUT2D eigenvalue weighted by molar-refractivity contribution is -0.131. The van der Waals surface area contributed by atoms with Crippen LogP contribution in [0.1, 0.15) is 35.0 Å². The molecule has 2 aliphatic rings. The average molecular weight is 368 g/mol. The Morgan fingerprint density at radius 1 is 0.963 bits per heavy atom. The predicted molar refractivity (Wildman–Crippen MR) is 99.1 cm³/mol. The number of fused-ring (bicyclic) bond motifs is 1. The lowest BCUT2D eigenvalue weighted by Crippen LogP contribution is -2.48. The Bertz CT molecular complexity index is 841. The lowest BCUT2D eigenvalue weighted by Gasteiger charge is -2.36. The Labute approximate surface area is 158 Å². The number of rotatable bonds is 2. The zero-order valence-corrected chi connectivity index (χ0v) is 15.7. The molecule has 2 amide bonds. The molecule has 1 saturated heterocycles. The maximum Gasteiger partial charge on any atom is 0.291 e. The number of amides is 2. The van der Waals surface area contributed by atoms with Crippen molar-refractivity contribution in [2.45, 2.75) is 19.5 Å². The van der Waals surface area contributed by atoms with Crippen molar-refractivity contribution in [1.29, 1.82) is 0 Å². The van der Waals surface area contributed by atoms with Gasteiger partial charge in [-0.15, -0.1) is 10.2 Å². The summed E-state index contributed by atoms with van der Waals surface area (Å²) in [5, 5.41) is 8.57. The Morgan fingerprint density at radius 2 is 1.67 bits per heavy atom. The van der Waals surface area contributed by atoms with Gasteiger partial charge in [0, 0.05) is 46.2 Å². The van der Waals surface area contributed by atoms with Crippen LogP contribution < -0.4 is 0 Å². The molecule has 0 unspecified atom stereocenters. The largest absolute Gasteiger partial charge is 0.333 e. The van der Waals surface area contributed by atoms with Crippen molar-refractivity contribution >= 4 is 11.8 Å². The van der Waals surface area contributed by atoms with Gasteiger partial charge in [-0.2, -0.15) is 0 Å². The first-order valence-electron chi connectivity index (χ1n) is 9.29. The van der Waals surface area contributed by atoms with E-state index in [1.807, 2.05) is 39.8 Å². The minimum Gasteiger partial charge on any atom is -0.333 e. The molecule has 0 saturated carbocycles. The fourth-order valence-corrected chi connectivity index (χ4v) is 3.83. The third-order valence-electron chi connectivity index (χ3n) is 5.40. The van der Waals surface area contributed by atoms with Crippen molar-refractivity contribution in [3.63, 3.8) is 0 Å². The first-order valence-corrected chi connectivity index (χ1v) is 9.29. The molecule has 2 aromatic rings. The number of benzene rings is 1. The van der Waals surface area contributed by atoms with Gasteiger partial charge in [-0.3, -0.25) is 9.59 Å². The highest BCUT2D eigenvalue weighted by molar-refractivity contribution is 5.91. The molecule has 0 N–H and O–H groups in total. The van der Waals surface area contributed by atoms with Crippen molar-refractivity contribution in [2.75, 3.05) is 39.8 Å². The molecule has 0 spiro atoms. The quantitative estimate of drug-likeness (QED) is 0.777. The third-order valence-corrected chi connectivity index (χ3v) is 5.40. The Hall–Kier alpha value is -2.74. The molecule has 1 aromatic carbocycles. The molecule has 8 nitrogen and oxygen atoms in total. The van der Waals surface area contributed by atoms with Gasteiger partial charge in [-0.25, -0.2) is 0 Å². The van der Waals surface area contributed by atoms with Crippen LogP contribution in [0.15, 0.2) is 30.3 Å². The second-order valence-corrected chi connectivity index (χ2v) is 7.15. The molecule has 0 aliphatic carbocycles. The molecule has 27 heavy (non-hydrogen) atoms. The summed E-state index contributed by atoms with van der Waals surface area (Å²) in [5.41, 5.74) is 0.972. The van der Waals surface area contributed by atoms with Crippen molar-refractivity contribution in [3.05, 3.63) is 47.5 Å². The number of nitrogens with zero attached hydrogens (tertiary/aromatic N) is 6. The second-order valence-electron chi connectivity index (χ2n) is 7.15.